The number of benzene rings is 2. The molecular weight excluding hydrogens is 426 g/mol. The van der Waals surface area contributed by atoms with Crippen LogP contribution in [0, 0.1) is 12.8 Å². The SMILES string of the molecule is COc1cccc(OCc2nnc(SCC(=O)NC(c3ccc(C)cc3)C3CC3)n2N)c1. The molecule has 0 saturated heterocycles. The van der Waals surface area contributed by atoms with Crippen molar-refractivity contribution in [1.82, 2.24) is 20.2 Å². The Bertz CT molecular complexity index is 1070. The summed E-state index contributed by atoms with van der Waals surface area (Å²) >= 11 is 1.25. The predicted octanol–water partition coefficient (Wildman–Crippen LogP) is 3.25. The Hall–Kier alpha value is -3.20. The standard InChI is InChI=1S/C23H27N5O3S/c1-15-6-8-16(9-7-15)22(17-10-11-17)25-21(29)14-32-23-27-26-20(28(23)24)13-31-19-5-3-4-18(12-19)30-2/h3-9,12,17,22H,10-11,13-14,24H2,1-2H3,(H,25,29). The normalized spacial score (nSPS) is 14.1. The summed E-state index contributed by atoms with van der Waals surface area (Å²) in [7, 11) is 1.60. The van der Waals surface area contributed by atoms with Gasteiger partial charge in [-0.3, -0.25) is 4.79 Å². The van der Waals surface area contributed by atoms with E-state index in [1.54, 1.807) is 13.2 Å². The Balaban J connectivity index is 1.31. The van der Waals surface area contributed by atoms with Gasteiger partial charge >= 0.3 is 0 Å². The molecule has 0 bridgehead atoms. The smallest absolute Gasteiger partial charge is 0.230 e. The van der Waals surface area contributed by atoms with Gasteiger partial charge in [-0.25, -0.2) is 4.68 Å². The molecule has 168 valence electrons. The lowest BCUT2D eigenvalue weighted by Gasteiger charge is -2.19. The number of carbonyl (C=O) groups is 1. The Kier molecular flexibility index (Phi) is 6.84. The number of nitrogens with one attached hydrogen (secondary N) is 1. The molecule has 1 unspecified atom stereocenters. The summed E-state index contributed by atoms with van der Waals surface area (Å²) < 4.78 is 12.3. The molecule has 0 aliphatic heterocycles. The lowest BCUT2D eigenvalue weighted by Crippen LogP contribution is -2.31. The van der Waals surface area contributed by atoms with Gasteiger partial charge in [0.15, 0.2) is 5.82 Å². The summed E-state index contributed by atoms with van der Waals surface area (Å²) in [6.45, 7) is 2.21. The second-order valence-electron chi connectivity index (χ2n) is 7.82. The van der Waals surface area contributed by atoms with Crippen LogP contribution in [0.3, 0.4) is 0 Å². The number of hydrogen-bond acceptors (Lipinski definition) is 7. The van der Waals surface area contributed by atoms with Crippen molar-refractivity contribution < 1.29 is 14.3 Å². The van der Waals surface area contributed by atoms with Gasteiger partial charge in [0.25, 0.3) is 0 Å². The quantitative estimate of drug-likeness (QED) is 0.359. The predicted molar refractivity (Wildman–Crippen MR) is 123 cm³/mol. The Morgan fingerprint density at radius 3 is 2.69 bits per heavy atom. The highest BCUT2D eigenvalue weighted by Crippen LogP contribution is 2.41. The molecule has 1 atom stereocenters. The van der Waals surface area contributed by atoms with Crippen LogP contribution >= 0.6 is 11.8 Å². The van der Waals surface area contributed by atoms with E-state index in [2.05, 4.69) is 46.7 Å². The van der Waals surface area contributed by atoms with Gasteiger partial charge in [-0.05, 0) is 43.4 Å². The largest absolute Gasteiger partial charge is 0.497 e. The van der Waals surface area contributed by atoms with Gasteiger partial charge in [0.1, 0.15) is 18.1 Å². The molecule has 1 saturated carbocycles. The Morgan fingerprint density at radius 1 is 1.22 bits per heavy atom. The molecule has 1 heterocycles. The zero-order chi connectivity index (χ0) is 22.5. The fraction of sp³-hybridized carbons (Fsp3) is 0.348. The molecule has 2 aromatic carbocycles. The number of carbonyl (C=O) groups excluding carboxylic acids is 1. The van der Waals surface area contributed by atoms with Crippen molar-refractivity contribution in [3.63, 3.8) is 0 Å². The molecule has 4 rings (SSSR count). The van der Waals surface area contributed by atoms with Crippen LogP contribution < -0.4 is 20.6 Å². The van der Waals surface area contributed by atoms with Gasteiger partial charge in [-0.2, -0.15) is 0 Å². The number of nitrogens with zero attached hydrogens (tertiary/aromatic N) is 3. The van der Waals surface area contributed by atoms with Crippen molar-refractivity contribution in [2.45, 2.75) is 37.6 Å². The minimum atomic E-state index is -0.0512. The monoisotopic (exact) mass is 453 g/mol. The van der Waals surface area contributed by atoms with Crippen LogP contribution in [0.5, 0.6) is 11.5 Å². The second-order valence-corrected chi connectivity index (χ2v) is 8.76. The number of nitrogens with two attached hydrogens (primary N) is 1. The number of hydrogen-bond donors (Lipinski definition) is 2. The number of amides is 1. The van der Waals surface area contributed by atoms with Crippen molar-refractivity contribution in [3.8, 4) is 11.5 Å². The molecule has 1 fully saturated rings. The highest BCUT2D eigenvalue weighted by Gasteiger charge is 2.33. The van der Waals surface area contributed by atoms with Crippen LogP contribution in [0.4, 0.5) is 0 Å². The Morgan fingerprint density at radius 2 is 1.97 bits per heavy atom. The van der Waals surface area contributed by atoms with Gasteiger partial charge in [0, 0.05) is 6.07 Å². The fourth-order valence-corrected chi connectivity index (χ4v) is 4.05. The van der Waals surface area contributed by atoms with E-state index in [-0.39, 0.29) is 24.3 Å². The van der Waals surface area contributed by atoms with E-state index in [0.717, 1.165) is 18.4 Å². The molecule has 0 radical (unpaired) electrons. The average Bonchev–Trinajstić information content (AvgIpc) is 3.59. The van der Waals surface area contributed by atoms with E-state index in [9.17, 15) is 4.79 Å². The summed E-state index contributed by atoms with van der Waals surface area (Å²) in [5.41, 5.74) is 2.36. The lowest BCUT2D eigenvalue weighted by molar-refractivity contribution is -0.119. The minimum Gasteiger partial charge on any atom is -0.497 e. The number of rotatable bonds is 10. The zero-order valence-electron chi connectivity index (χ0n) is 18.2. The summed E-state index contributed by atoms with van der Waals surface area (Å²) in [4.78, 5) is 12.6. The summed E-state index contributed by atoms with van der Waals surface area (Å²) in [6, 6.07) is 15.7. The Labute approximate surface area is 191 Å². The number of nitrogen functional groups attached to an aromatic ring is 1. The third-order valence-corrected chi connectivity index (χ3v) is 6.27. The summed E-state index contributed by atoms with van der Waals surface area (Å²) in [5.74, 6) is 8.58. The number of thioether (sulfide) groups is 1. The molecule has 3 N–H and O–H groups in total. The highest BCUT2D eigenvalue weighted by molar-refractivity contribution is 7.99. The van der Waals surface area contributed by atoms with E-state index in [4.69, 9.17) is 15.3 Å². The van der Waals surface area contributed by atoms with E-state index < -0.39 is 0 Å². The van der Waals surface area contributed by atoms with Crippen LogP contribution in [-0.2, 0) is 11.4 Å². The third kappa shape index (κ3) is 5.53. The third-order valence-electron chi connectivity index (χ3n) is 5.32. The molecule has 0 spiro atoms. The van der Waals surface area contributed by atoms with Crippen LogP contribution in [0.2, 0.25) is 0 Å². The van der Waals surface area contributed by atoms with Crippen molar-refractivity contribution in [3.05, 3.63) is 65.5 Å². The van der Waals surface area contributed by atoms with Crippen LogP contribution in [-0.4, -0.2) is 33.6 Å². The van der Waals surface area contributed by atoms with Crippen molar-refractivity contribution in [2.75, 3.05) is 18.7 Å². The molecule has 3 aromatic rings. The molecule has 1 amide bonds. The second kappa shape index (κ2) is 9.95. The highest BCUT2D eigenvalue weighted by atomic mass is 32.2. The van der Waals surface area contributed by atoms with Gasteiger partial charge in [0.05, 0.1) is 18.9 Å². The maximum absolute atomic E-state index is 12.6. The zero-order valence-corrected chi connectivity index (χ0v) is 19.0. The number of aryl methyl sites for hydroxylation is 1. The van der Waals surface area contributed by atoms with Crippen LogP contribution in [0.25, 0.3) is 0 Å². The maximum Gasteiger partial charge on any atom is 0.230 e. The van der Waals surface area contributed by atoms with E-state index in [1.165, 1.54) is 22.0 Å². The van der Waals surface area contributed by atoms with E-state index >= 15 is 0 Å². The lowest BCUT2D eigenvalue weighted by atomic mass is 10.0. The van der Waals surface area contributed by atoms with Gasteiger partial charge in [0.2, 0.25) is 11.1 Å². The van der Waals surface area contributed by atoms with Crippen molar-refractivity contribution in [1.29, 1.82) is 0 Å². The van der Waals surface area contributed by atoms with Gasteiger partial charge in [-0.15, -0.1) is 10.2 Å². The van der Waals surface area contributed by atoms with E-state index in [0.29, 0.717) is 28.4 Å². The van der Waals surface area contributed by atoms with Gasteiger partial charge < -0.3 is 20.6 Å². The molecule has 1 aliphatic rings. The number of aromatic nitrogens is 3. The first-order chi connectivity index (χ1) is 15.5. The van der Waals surface area contributed by atoms with Gasteiger partial charge in [-0.1, -0.05) is 47.7 Å². The van der Waals surface area contributed by atoms with Crippen LogP contribution in [0.1, 0.15) is 35.8 Å². The molecule has 8 nitrogen and oxygen atoms in total. The number of ether oxygens (including phenoxy) is 2. The topological polar surface area (TPSA) is 104 Å². The summed E-state index contributed by atoms with van der Waals surface area (Å²) in [5, 5.41) is 11.8. The molecule has 9 heteroatoms. The minimum absolute atomic E-state index is 0.0475. The van der Waals surface area contributed by atoms with E-state index in [1.807, 2.05) is 18.2 Å². The number of methoxy groups -OCH3 is 1. The molecule has 32 heavy (non-hydrogen) atoms. The first kappa shape index (κ1) is 22.0. The molecule has 1 aromatic heterocycles. The van der Waals surface area contributed by atoms with Crippen molar-refractivity contribution in [2.24, 2.45) is 5.92 Å². The van der Waals surface area contributed by atoms with Crippen LogP contribution in [0.15, 0.2) is 53.7 Å². The molecular formula is C23H27N5O3S. The maximum atomic E-state index is 12.6. The van der Waals surface area contributed by atoms with Crippen molar-refractivity contribution >= 4 is 17.7 Å². The fourth-order valence-electron chi connectivity index (χ4n) is 3.36. The first-order valence-corrected chi connectivity index (χ1v) is 11.5. The average molecular weight is 454 g/mol. The molecule has 1 aliphatic carbocycles. The first-order valence-electron chi connectivity index (χ1n) is 10.5. The summed E-state index contributed by atoms with van der Waals surface area (Å²) in [6.07, 6.45) is 2.28.